The lowest BCUT2D eigenvalue weighted by atomic mass is 9.67. The molecule has 0 heterocycles. The van der Waals surface area contributed by atoms with Crippen LogP contribution in [0.1, 0.15) is 59.3 Å². The summed E-state index contributed by atoms with van der Waals surface area (Å²) in [6, 6.07) is 0.639. The highest BCUT2D eigenvalue weighted by molar-refractivity contribution is 5.03. The maximum absolute atomic E-state index is 6.09. The quantitative estimate of drug-likeness (QED) is 0.755. The maximum Gasteiger partial charge on any atom is 0.0306 e. The largest absolute Gasteiger partial charge is 0.329 e. The van der Waals surface area contributed by atoms with Crippen molar-refractivity contribution >= 4 is 0 Å². The summed E-state index contributed by atoms with van der Waals surface area (Å²) in [5.41, 5.74) is 6.76. The van der Waals surface area contributed by atoms with Gasteiger partial charge in [0.05, 0.1) is 0 Å². The van der Waals surface area contributed by atoms with E-state index in [4.69, 9.17) is 5.73 Å². The first-order valence-corrected chi connectivity index (χ1v) is 7.58. The molecule has 0 bridgehead atoms. The highest BCUT2D eigenvalue weighted by Gasteiger charge is 2.38. The molecule has 104 valence electrons. The maximum atomic E-state index is 6.09. The van der Waals surface area contributed by atoms with Crippen molar-refractivity contribution in [3.05, 3.63) is 12.2 Å². The van der Waals surface area contributed by atoms with Gasteiger partial charge < -0.3 is 11.1 Å². The predicted molar refractivity (Wildman–Crippen MR) is 78.5 cm³/mol. The van der Waals surface area contributed by atoms with Crippen molar-refractivity contribution in [1.82, 2.24) is 5.32 Å². The van der Waals surface area contributed by atoms with Gasteiger partial charge in [0.1, 0.15) is 0 Å². The molecule has 2 aliphatic rings. The Balaban J connectivity index is 1.91. The van der Waals surface area contributed by atoms with Crippen molar-refractivity contribution in [2.45, 2.75) is 70.9 Å². The van der Waals surface area contributed by atoms with E-state index in [0.717, 1.165) is 12.5 Å². The topological polar surface area (TPSA) is 38.0 Å². The van der Waals surface area contributed by atoms with E-state index in [1.54, 1.807) is 0 Å². The number of rotatable bonds is 3. The third-order valence-electron chi connectivity index (χ3n) is 5.08. The fraction of sp³-hybridized carbons (Fsp3) is 0.875. The van der Waals surface area contributed by atoms with Crippen LogP contribution in [-0.2, 0) is 0 Å². The third-order valence-corrected chi connectivity index (χ3v) is 5.08. The fourth-order valence-electron chi connectivity index (χ4n) is 3.61. The molecule has 0 amide bonds. The molecule has 0 aliphatic heterocycles. The van der Waals surface area contributed by atoms with E-state index in [2.05, 4.69) is 38.2 Å². The summed E-state index contributed by atoms with van der Waals surface area (Å²) in [5, 5.41) is 3.87. The van der Waals surface area contributed by atoms with Crippen LogP contribution in [0, 0.1) is 11.3 Å². The van der Waals surface area contributed by atoms with Gasteiger partial charge in [0, 0.05) is 18.1 Å². The highest BCUT2D eigenvalue weighted by Crippen LogP contribution is 2.41. The Morgan fingerprint density at radius 1 is 1.17 bits per heavy atom. The van der Waals surface area contributed by atoms with Crippen LogP contribution in [0.4, 0.5) is 0 Å². The molecule has 2 nitrogen and oxygen atoms in total. The van der Waals surface area contributed by atoms with Crippen LogP contribution in [0.2, 0.25) is 0 Å². The first kappa shape index (κ1) is 14.1. The van der Waals surface area contributed by atoms with Crippen LogP contribution in [0.25, 0.3) is 0 Å². The number of nitrogens with one attached hydrogen (secondary N) is 1. The summed E-state index contributed by atoms with van der Waals surface area (Å²) in [7, 11) is 0. The van der Waals surface area contributed by atoms with E-state index >= 15 is 0 Å². The van der Waals surface area contributed by atoms with E-state index in [-0.39, 0.29) is 5.54 Å². The molecule has 2 rings (SSSR count). The van der Waals surface area contributed by atoms with Gasteiger partial charge in [-0.3, -0.25) is 0 Å². The van der Waals surface area contributed by atoms with Crippen LogP contribution in [0.3, 0.4) is 0 Å². The average molecular weight is 250 g/mol. The second-order valence-corrected chi connectivity index (χ2v) is 7.41. The van der Waals surface area contributed by atoms with Crippen molar-refractivity contribution in [2.24, 2.45) is 17.1 Å². The van der Waals surface area contributed by atoms with E-state index < -0.39 is 0 Å². The molecule has 2 heteroatoms. The van der Waals surface area contributed by atoms with Gasteiger partial charge in [-0.1, -0.05) is 32.9 Å². The molecule has 3 N–H and O–H groups in total. The second-order valence-electron chi connectivity index (χ2n) is 7.41. The summed E-state index contributed by atoms with van der Waals surface area (Å²) in [6.45, 7) is 7.92. The summed E-state index contributed by atoms with van der Waals surface area (Å²) >= 11 is 0. The van der Waals surface area contributed by atoms with E-state index in [9.17, 15) is 0 Å². The lowest BCUT2D eigenvalue weighted by Gasteiger charge is -2.45. The molecule has 1 fully saturated rings. The zero-order chi connectivity index (χ0) is 13.2. The zero-order valence-electron chi connectivity index (χ0n) is 12.3. The van der Waals surface area contributed by atoms with Crippen LogP contribution < -0.4 is 11.1 Å². The number of hydrogen-bond acceptors (Lipinski definition) is 2. The molecular weight excluding hydrogens is 220 g/mol. The van der Waals surface area contributed by atoms with Crippen LogP contribution in [0.5, 0.6) is 0 Å². The molecule has 0 aromatic carbocycles. The smallest absolute Gasteiger partial charge is 0.0306 e. The third kappa shape index (κ3) is 3.16. The van der Waals surface area contributed by atoms with Crippen molar-refractivity contribution in [3.8, 4) is 0 Å². The first-order chi connectivity index (χ1) is 8.45. The Labute approximate surface area is 112 Å². The molecule has 0 aromatic heterocycles. The van der Waals surface area contributed by atoms with Crippen molar-refractivity contribution in [1.29, 1.82) is 0 Å². The van der Waals surface area contributed by atoms with Gasteiger partial charge >= 0.3 is 0 Å². The normalized spacial score (nSPS) is 34.1. The molecule has 0 atom stereocenters. The number of hydrogen-bond donors (Lipinski definition) is 2. The SMILES string of the molecule is CC(C)(C)C1CCC(CN)(NC2CC=CC2)CC1. The van der Waals surface area contributed by atoms with Gasteiger partial charge in [-0.2, -0.15) is 0 Å². The Morgan fingerprint density at radius 3 is 2.17 bits per heavy atom. The van der Waals surface area contributed by atoms with Gasteiger partial charge in [-0.15, -0.1) is 0 Å². The molecule has 0 saturated heterocycles. The van der Waals surface area contributed by atoms with Gasteiger partial charge in [0.2, 0.25) is 0 Å². The molecular formula is C16H30N2. The molecule has 1 saturated carbocycles. The summed E-state index contributed by atoms with van der Waals surface area (Å²) in [5.74, 6) is 0.862. The minimum atomic E-state index is 0.221. The molecule has 0 unspecified atom stereocenters. The van der Waals surface area contributed by atoms with Crippen molar-refractivity contribution < 1.29 is 0 Å². The molecule has 2 aliphatic carbocycles. The lowest BCUT2D eigenvalue weighted by molar-refractivity contribution is 0.111. The average Bonchev–Trinajstić information content (AvgIpc) is 2.81. The number of nitrogens with two attached hydrogens (primary N) is 1. The van der Waals surface area contributed by atoms with Gasteiger partial charge in [0.25, 0.3) is 0 Å². The van der Waals surface area contributed by atoms with E-state index in [1.165, 1.54) is 38.5 Å². The van der Waals surface area contributed by atoms with E-state index in [0.29, 0.717) is 11.5 Å². The molecule has 0 aromatic rings. The Hall–Kier alpha value is -0.340. The molecule has 0 spiro atoms. The summed E-state index contributed by atoms with van der Waals surface area (Å²) in [4.78, 5) is 0. The van der Waals surface area contributed by atoms with Gasteiger partial charge in [-0.05, 0) is 49.9 Å². The van der Waals surface area contributed by atoms with Crippen molar-refractivity contribution in [3.63, 3.8) is 0 Å². The monoisotopic (exact) mass is 250 g/mol. The second kappa shape index (κ2) is 5.34. The minimum Gasteiger partial charge on any atom is -0.329 e. The predicted octanol–water partition coefficient (Wildman–Crippen LogP) is 3.23. The minimum absolute atomic E-state index is 0.221. The fourth-order valence-corrected chi connectivity index (χ4v) is 3.61. The van der Waals surface area contributed by atoms with Crippen molar-refractivity contribution in [2.75, 3.05) is 6.54 Å². The highest BCUT2D eigenvalue weighted by atomic mass is 15.0. The first-order valence-electron chi connectivity index (χ1n) is 7.58. The Bertz CT molecular complexity index is 285. The van der Waals surface area contributed by atoms with Gasteiger partial charge in [0.15, 0.2) is 0 Å². The summed E-state index contributed by atoms with van der Waals surface area (Å²) in [6.07, 6.45) is 12.1. The van der Waals surface area contributed by atoms with Crippen LogP contribution in [-0.4, -0.2) is 18.1 Å². The lowest BCUT2D eigenvalue weighted by Crippen LogP contribution is -2.57. The van der Waals surface area contributed by atoms with Crippen LogP contribution in [0.15, 0.2) is 12.2 Å². The zero-order valence-corrected chi connectivity index (χ0v) is 12.3. The molecule has 0 radical (unpaired) electrons. The molecule has 18 heavy (non-hydrogen) atoms. The summed E-state index contributed by atoms with van der Waals surface area (Å²) < 4.78 is 0. The Morgan fingerprint density at radius 2 is 1.72 bits per heavy atom. The van der Waals surface area contributed by atoms with Gasteiger partial charge in [-0.25, -0.2) is 0 Å². The standard InChI is InChI=1S/C16H30N2/c1-15(2,3)13-8-10-16(12-17,11-9-13)18-14-6-4-5-7-14/h4-5,13-14,18H,6-12,17H2,1-3H3. The van der Waals surface area contributed by atoms with Crippen LogP contribution >= 0.6 is 0 Å². The van der Waals surface area contributed by atoms with E-state index in [1.807, 2.05) is 0 Å². The Kier molecular flexibility index (Phi) is 4.18.